The van der Waals surface area contributed by atoms with Crippen molar-refractivity contribution in [3.8, 4) is 0 Å². The van der Waals surface area contributed by atoms with Crippen LogP contribution in [-0.2, 0) is 11.3 Å². The summed E-state index contributed by atoms with van der Waals surface area (Å²) < 4.78 is 19.2. The first-order valence-electron chi connectivity index (χ1n) is 8.89. The summed E-state index contributed by atoms with van der Waals surface area (Å²) in [5.74, 6) is -0.242. The fraction of sp³-hybridized carbons (Fsp3) is 0.0909. The molecule has 0 radical (unpaired) electrons. The standard InChI is InChI=1S/C22H17FN2O3S/c1-25-18-11-15(21(26)24-13-16-6-4-10-28-16)8-9-19(18)29-20(22(25)27)12-14-5-2-3-7-17(14)23/h2-12H,13H2,1H3,(H,24,26)/b20-12-. The lowest BCUT2D eigenvalue weighted by atomic mass is 10.1. The zero-order valence-corrected chi connectivity index (χ0v) is 16.3. The molecule has 0 unspecified atom stereocenters. The van der Waals surface area contributed by atoms with Crippen molar-refractivity contribution in [1.29, 1.82) is 0 Å². The van der Waals surface area contributed by atoms with Crippen molar-refractivity contribution < 1.29 is 18.4 Å². The highest BCUT2D eigenvalue weighted by molar-refractivity contribution is 8.04. The van der Waals surface area contributed by atoms with Crippen LogP contribution in [0.3, 0.4) is 0 Å². The number of likely N-dealkylation sites (N-methyl/N-ethyl adjacent to an activating group) is 1. The van der Waals surface area contributed by atoms with Gasteiger partial charge in [0.2, 0.25) is 0 Å². The van der Waals surface area contributed by atoms with Crippen molar-refractivity contribution in [2.45, 2.75) is 11.4 Å². The molecule has 1 N–H and O–H groups in total. The van der Waals surface area contributed by atoms with Crippen molar-refractivity contribution in [3.05, 3.63) is 88.5 Å². The number of carbonyl (C=O) groups excluding carboxylic acids is 2. The molecule has 2 heterocycles. The normalized spacial score (nSPS) is 14.8. The molecule has 1 aromatic heterocycles. The molecule has 0 fully saturated rings. The van der Waals surface area contributed by atoms with E-state index in [0.29, 0.717) is 27.5 Å². The van der Waals surface area contributed by atoms with Crippen molar-refractivity contribution >= 4 is 35.3 Å². The highest BCUT2D eigenvalue weighted by Crippen LogP contribution is 2.42. The molecule has 0 saturated carbocycles. The lowest BCUT2D eigenvalue weighted by Crippen LogP contribution is -2.31. The number of carbonyl (C=O) groups is 2. The van der Waals surface area contributed by atoms with Crippen LogP contribution in [-0.4, -0.2) is 18.9 Å². The Morgan fingerprint density at radius 3 is 2.79 bits per heavy atom. The van der Waals surface area contributed by atoms with E-state index in [1.165, 1.54) is 22.7 Å². The van der Waals surface area contributed by atoms with Gasteiger partial charge < -0.3 is 14.6 Å². The number of fused-ring (bicyclic) bond motifs is 1. The van der Waals surface area contributed by atoms with Crippen LogP contribution < -0.4 is 10.2 Å². The second kappa shape index (κ2) is 7.97. The Labute approximate surface area is 171 Å². The lowest BCUT2D eigenvalue weighted by Gasteiger charge is -2.27. The quantitative estimate of drug-likeness (QED) is 0.648. The van der Waals surface area contributed by atoms with E-state index in [0.717, 1.165) is 4.90 Å². The first kappa shape index (κ1) is 19.0. The number of furan rings is 1. The molecule has 0 spiro atoms. The lowest BCUT2D eigenvalue weighted by molar-refractivity contribution is -0.114. The molecule has 29 heavy (non-hydrogen) atoms. The van der Waals surface area contributed by atoms with Gasteiger partial charge in [0.1, 0.15) is 11.6 Å². The van der Waals surface area contributed by atoms with Gasteiger partial charge in [-0.25, -0.2) is 4.39 Å². The Morgan fingerprint density at radius 2 is 2.03 bits per heavy atom. The van der Waals surface area contributed by atoms with E-state index in [9.17, 15) is 14.0 Å². The van der Waals surface area contributed by atoms with Crippen molar-refractivity contribution in [2.24, 2.45) is 0 Å². The number of benzene rings is 2. The summed E-state index contributed by atoms with van der Waals surface area (Å²) in [7, 11) is 1.64. The maximum atomic E-state index is 14.0. The molecule has 4 rings (SSSR count). The third kappa shape index (κ3) is 3.95. The molecular formula is C22H17FN2O3S. The minimum Gasteiger partial charge on any atom is -0.467 e. The van der Waals surface area contributed by atoms with E-state index in [4.69, 9.17) is 4.42 Å². The number of rotatable bonds is 4. The number of amides is 2. The van der Waals surface area contributed by atoms with Crippen LogP contribution in [0.2, 0.25) is 0 Å². The minimum atomic E-state index is -0.384. The Kier molecular flexibility index (Phi) is 5.22. The molecule has 146 valence electrons. The molecule has 7 heteroatoms. The van der Waals surface area contributed by atoms with Gasteiger partial charge in [-0.15, -0.1) is 0 Å². The van der Waals surface area contributed by atoms with Crippen LogP contribution in [0, 0.1) is 5.82 Å². The molecule has 1 aliphatic rings. The highest BCUT2D eigenvalue weighted by atomic mass is 32.2. The van der Waals surface area contributed by atoms with Crippen LogP contribution in [0.5, 0.6) is 0 Å². The summed E-state index contributed by atoms with van der Waals surface area (Å²) >= 11 is 1.26. The third-order valence-electron chi connectivity index (χ3n) is 4.51. The summed E-state index contributed by atoms with van der Waals surface area (Å²) in [5.41, 5.74) is 1.43. The number of nitrogens with one attached hydrogen (secondary N) is 1. The summed E-state index contributed by atoms with van der Waals surface area (Å²) in [5, 5.41) is 2.79. The Balaban J connectivity index is 1.57. The van der Waals surface area contributed by atoms with Gasteiger partial charge in [0.25, 0.3) is 11.8 Å². The second-order valence-corrected chi connectivity index (χ2v) is 7.52. The Bertz CT molecular complexity index is 1110. The maximum Gasteiger partial charge on any atom is 0.264 e. The minimum absolute atomic E-state index is 0.251. The van der Waals surface area contributed by atoms with E-state index in [1.807, 2.05) is 0 Å². The van der Waals surface area contributed by atoms with Crippen molar-refractivity contribution in [2.75, 3.05) is 11.9 Å². The SMILES string of the molecule is CN1C(=O)/C(=C/c2ccccc2F)Sc2ccc(C(=O)NCc3ccco3)cc21. The summed E-state index contributed by atoms with van der Waals surface area (Å²) in [4.78, 5) is 27.9. The van der Waals surface area contributed by atoms with Crippen molar-refractivity contribution in [3.63, 3.8) is 0 Å². The maximum absolute atomic E-state index is 14.0. The monoisotopic (exact) mass is 408 g/mol. The molecule has 3 aromatic rings. The van der Waals surface area contributed by atoms with Gasteiger partial charge in [-0.2, -0.15) is 0 Å². The van der Waals surface area contributed by atoms with Crippen LogP contribution in [0.15, 0.2) is 75.1 Å². The van der Waals surface area contributed by atoms with Crippen LogP contribution in [0.25, 0.3) is 6.08 Å². The van der Waals surface area contributed by atoms with Crippen LogP contribution in [0.1, 0.15) is 21.7 Å². The first-order valence-corrected chi connectivity index (χ1v) is 9.71. The Hall–Kier alpha value is -3.32. The molecule has 0 bridgehead atoms. The largest absolute Gasteiger partial charge is 0.467 e. The fourth-order valence-electron chi connectivity index (χ4n) is 2.95. The van der Waals surface area contributed by atoms with Gasteiger partial charge in [0.05, 0.1) is 23.4 Å². The predicted molar refractivity (Wildman–Crippen MR) is 110 cm³/mol. The molecule has 0 atom stereocenters. The molecule has 2 amide bonds. The number of nitrogens with zero attached hydrogens (tertiary/aromatic N) is 1. The summed E-state index contributed by atoms with van der Waals surface area (Å²) in [6, 6.07) is 15.0. The van der Waals surface area contributed by atoms with Gasteiger partial charge in [-0.05, 0) is 42.5 Å². The zero-order chi connectivity index (χ0) is 20.4. The zero-order valence-electron chi connectivity index (χ0n) is 15.5. The van der Waals surface area contributed by atoms with Gasteiger partial charge in [-0.1, -0.05) is 30.0 Å². The highest BCUT2D eigenvalue weighted by Gasteiger charge is 2.27. The van der Waals surface area contributed by atoms with E-state index >= 15 is 0 Å². The van der Waals surface area contributed by atoms with Crippen LogP contribution >= 0.6 is 11.8 Å². The molecular weight excluding hydrogens is 391 g/mol. The van der Waals surface area contributed by atoms with E-state index in [1.54, 1.807) is 67.9 Å². The predicted octanol–water partition coefficient (Wildman–Crippen LogP) is 4.46. The van der Waals surface area contributed by atoms with Crippen molar-refractivity contribution in [1.82, 2.24) is 5.32 Å². The molecule has 1 aliphatic heterocycles. The smallest absolute Gasteiger partial charge is 0.264 e. The average molecular weight is 408 g/mol. The molecule has 2 aromatic carbocycles. The third-order valence-corrected chi connectivity index (χ3v) is 5.59. The number of halogens is 1. The summed E-state index contributed by atoms with van der Waals surface area (Å²) in [6.07, 6.45) is 3.09. The number of thioether (sulfide) groups is 1. The Morgan fingerprint density at radius 1 is 1.21 bits per heavy atom. The van der Waals surface area contributed by atoms with Gasteiger partial charge in [0, 0.05) is 23.1 Å². The van der Waals surface area contributed by atoms with Gasteiger partial charge >= 0.3 is 0 Å². The molecule has 5 nitrogen and oxygen atoms in total. The number of anilines is 1. The van der Waals surface area contributed by atoms with Gasteiger partial charge in [-0.3, -0.25) is 9.59 Å². The average Bonchev–Trinajstić information content (AvgIpc) is 3.25. The van der Waals surface area contributed by atoms with E-state index in [-0.39, 0.29) is 24.2 Å². The first-order chi connectivity index (χ1) is 14.0. The molecule has 0 aliphatic carbocycles. The topological polar surface area (TPSA) is 62.6 Å². The fourth-order valence-corrected chi connectivity index (χ4v) is 4.03. The van der Waals surface area contributed by atoms with E-state index < -0.39 is 0 Å². The molecule has 0 saturated heterocycles. The van der Waals surface area contributed by atoms with E-state index in [2.05, 4.69) is 5.32 Å². The van der Waals surface area contributed by atoms with Crippen LogP contribution in [0.4, 0.5) is 10.1 Å². The van der Waals surface area contributed by atoms with Gasteiger partial charge in [0.15, 0.2) is 0 Å². The number of hydrogen-bond donors (Lipinski definition) is 1. The number of hydrogen-bond acceptors (Lipinski definition) is 4. The second-order valence-electron chi connectivity index (χ2n) is 6.44. The summed E-state index contributed by atoms with van der Waals surface area (Å²) in [6.45, 7) is 0.280.